The van der Waals surface area contributed by atoms with E-state index in [1.807, 2.05) is 29.6 Å². The van der Waals surface area contributed by atoms with Crippen LogP contribution in [0, 0.1) is 5.92 Å². The van der Waals surface area contributed by atoms with E-state index in [-0.39, 0.29) is 6.10 Å². The fourth-order valence-electron chi connectivity index (χ4n) is 2.08. The van der Waals surface area contributed by atoms with Crippen LogP contribution in [0.15, 0.2) is 30.3 Å². The largest absolute Gasteiger partial charge is 0.393 e. The molecule has 0 aliphatic rings. The second kappa shape index (κ2) is 9.73. The third-order valence-corrected chi connectivity index (χ3v) is 6.27. The van der Waals surface area contributed by atoms with Crippen LogP contribution in [0.1, 0.15) is 32.8 Å². The molecule has 0 bridgehead atoms. The molecule has 3 heteroatoms. The summed E-state index contributed by atoms with van der Waals surface area (Å²) in [6, 6.07) is 10.4. The van der Waals surface area contributed by atoms with Gasteiger partial charge in [0.05, 0.1) is 10.7 Å². The van der Waals surface area contributed by atoms with E-state index in [2.05, 4.69) is 45.0 Å². The quantitative estimate of drug-likeness (QED) is 0.680. The summed E-state index contributed by atoms with van der Waals surface area (Å²) >= 11 is 3.92. The molecular weight excluding hydrogens is 272 g/mol. The fraction of sp³-hybridized carbons (Fsp3) is 0.625. The molecule has 0 heterocycles. The molecule has 0 fully saturated rings. The van der Waals surface area contributed by atoms with E-state index in [1.54, 1.807) is 0 Å². The second-order valence-corrected chi connectivity index (χ2v) is 7.87. The molecule has 19 heavy (non-hydrogen) atoms. The molecular formula is C16H26OS2. The van der Waals surface area contributed by atoms with E-state index in [9.17, 15) is 5.11 Å². The Hall–Kier alpha value is -0.120. The number of aliphatic hydroxyl groups is 1. The Labute approximate surface area is 126 Å². The lowest BCUT2D eigenvalue weighted by atomic mass is 9.99. The lowest BCUT2D eigenvalue weighted by molar-refractivity contribution is 0.115. The van der Waals surface area contributed by atoms with Gasteiger partial charge in [-0.1, -0.05) is 51.1 Å². The Morgan fingerprint density at radius 3 is 2.16 bits per heavy atom. The van der Waals surface area contributed by atoms with Crippen molar-refractivity contribution in [3.63, 3.8) is 0 Å². The van der Waals surface area contributed by atoms with Crippen molar-refractivity contribution in [3.8, 4) is 0 Å². The first-order valence-electron chi connectivity index (χ1n) is 7.14. The highest BCUT2D eigenvalue weighted by atomic mass is 32.2. The molecule has 0 saturated heterocycles. The minimum Gasteiger partial charge on any atom is -0.393 e. The van der Waals surface area contributed by atoms with Gasteiger partial charge >= 0.3 is 0 Å². The standard InChI is InChI=1S/C16H26OS2/c1-4-18-16(19-5-2)13(3)15(17)12-11-14-9-7-6-8-10-14/h6-10,13,15-17H,4-5,11-12H2,1-3H3/t13-,15+/m0/s1. The lowest BCUT2D eigenvalue weighted by Gasteiger charge is -2.26. The molecule has 0 spiro atoms. The molecule has 2 atom stereocenters. The fourth-order valence-corrected chi connectivity index (χ4v) is 4.91. The topological polar surface area (TPSA) is 20.2 Å². The van der Waals surface area contributed by atoms with Crippen LogP contribution >= 0.6 is 23.5 Å². The van der Waals surface area contributed by atoms with Crippen molar-refractivity contribution >= 4 is 23.5 Å². The average molecular weight is 299 g/mol. The highest BCUT2D eigenvalue weighted by Crippen LogP contribution is 2.33. The third kappa shape index (κ3) is 6.24. The van der Waals surface area contributed by atoms with Gasteiger partial charge < -0.3 is 5.11 Å². The number of aryl methyl sites for hydroxylation is 1. The van der Waals surface area contributed by atoms with Gasteiger partial charge in [-0.15, -0.1) is 23.5 Å². The van der Waals surface area contributed by atoms with E-state index in [0.29, 0.717) is 10.5 Å². The number of thioether (sulfide) groups is 2. The summed E-state index contributed by atoms with van der Waals surface area (Å²) in [4.78, 5) is 0. The Kier molecular flexibility index (Phi) is 8.67. The van der Waals surface area contributed by atoms with Crippen molar-refractivity contribution in [2.75, 3.05) is 11.5 Å². The first kappa shape index (κ1) is 16.9. The van der Waals surface area contributed by atoms with Gasteiger partial charge in [0.1, 0.15) is 0 Å². The minimum atomic E-state index is -0.205. The Bertz CT molecular complexity index is 323. The summed E-state index contributed by atoms with van der Waals surface area (Å²) in [7, 11) is 0. The van der Waals surface area contributed by atoms with Crippen LogP contribution in [-0.2, 0) is 6.42 Å². The Morgan fingerprint density at radius 1 is 1.05 bits per heavy atom. The highest BCUT2D eigenvalue weighted by molar-refractivity contribution is 8.17. The Morgan fingerprint density at radius 2 is 1.63 bits per heavy atom. The number of benzene rings is 1. The zero-order valence-electron chi connectivity index (χ0n) is 12.2. The van der Waals surface area contributed by atoms with Crippen LogP contribution in [0.3, 0.4) is 0 Å². The van der Waals surface area contributed by atoms with Crippen molar-refractivity contribution < 1.29 is 5.11 Å². The molecule has 0 aliphatic heterocycles. The van der Waals surface area contributed by atoms with Gasteiger partial charge in [-0.3, -0.25) is 0 Å². The summed E-state index contributed by atoms with van der Waals surface area (Å²) in [5, 5.41) is 10.4. The number of aliphatic hydroxyl groups excluding tert-OH is 1. The zero-order valence-corrected chi connectivity index (χ0v) is 13.8. The van der Waals surface area contributed by atoms with Crippen molar-refractivity contribution in [2.24, 2.45) is 5.92 Å². The molecule has 0 aromatic heterocycles. The molecule has 0 radical (unpaired) electrons. The third-order valence-electron chi connectivity index (χ3n) is 3.27. The van der Waals surface area contributed by atoms with Crippen LogP contribution in [0.2, 0.25) is 0 Å². The van der Waals surface area contributed by atoms with E-state index < -0.39 is 0 Å². The van der Waals surface area contributed by atoms with Crippen molar-refractivity contribution in [1.82, 2.24) is 0 Å². The second-order valence-electron chi connectivity index (χ2n) is 4.73. The molecule has 0 unspecified atom stereocenters. The SMILES string of the molecule is CCSC(SCC)[C@@H](C)[C@H](O)CCc1ccccc1. The summed E-state index contributed by atoms with van der Waals surface area (Å²) in [6.07, 6.45) is 1.62. The summed E-state index contributed by atoms with van der Waals surface area (Å²) in [6.45, 7) is 6.57. The predicted molar refractivity (Wildman–Crippen MR) is 90.0 cm³/mol. The van der Waals surface area contributed by atoms with Gasteiger partial charge in [0.25, 0.3) is 0 Å². The predicted octanol–water partition coefficient (Wildman–Crippen LogP) is 4.45. The molecule has 0 amide bonds. The molecule has 1 rings (SSSR count). The van der Waals surface area contributed by atoms with Gasteiger partial charge in [0.15, 0.2) is 0 Å². The summed E-state index contributed by atoms with van der Waals surface area (Å²) in [5.41, 5.74) is 1.32. The number of hydrogen-bond acceptors (Lipinski definition) is 3. The lowest BCUT2D eigenvalue weighted by Crippen LogP contribution is -2.26. The molecule has 1 nitrogen and oxygen atoms in total. The van der Waals surface area contributed by atoms with Crippen molar-refractivity contribution in [1.29, 1.82) is 0 Å². The van der Waals surface area contributed by atoms with Gasteiger partial charge in [0.2, 0.25) is 0 Å². The van der Waals surface area contributed by atoms with Crippen LogP contribution < -0.4 is 0 Å². The summed E-state index contributed by atoms with van der Waals surface area (Å²) in [5.74, 6) is 2.58. The maximum atomic E-state index is 10.4. The van der Waals surface area contributed by atoms with Gasteiger partial charge in [-0.25, -0.2) is 0 Å². The van der Waals surface area contributed by atoms with E-state index >= 15 is 0 Å². The minimum absolute atomic E-state index is 0.205. The first-order chi connectivity index (χ1) is 9.19. The number of hydrogen-bond donors (Lipinski definition) is 1. The average Bonchev–Trinajstić information content (AvgIpc) is 2.45. The molecule has 1 aromatic carbocycles. The molecule has 0 saturated carbocycles. The maximum absolute atomic E-state index is 10.4. The van der Waals surface area contributed by atoms with E-state index in [1.165, 1.54) is 5.56 Å². The van der Waals surface area contributed by atoms with Crippen LogP contribution in [0.4, 0.5) is 0 Å². The van der Waals surface area contributed by atoms with E-state index in [0.717, 1.165) is 24.3 Å². The first-order valence-corrected chi connectivity index (χ1v) is 9.24. The zero-order chi connectivity index (χ0) is 14.1. The highest BCUT2D eigenvalue weighted by Gasteiger charge is 2.23. The van der Waals surface area contributed by atoms with Crippen molar-refractivity contribution in [3.05, 3.63) is 35.9 Å². The molecule has 1 aromatic rings. The van der Waals surface area contributed by atoms with Crippen LogP contribution in [0.5, 0.6) is 0 Å². The molecule has 0 aliphatic carbocycles. The molecule has 108 valence electrons. The van der Waals surface area contributed by atoms with Gasteiger partial charge in [0, 0.05) is 5.92 Å². The normalized spacial score (nSPS) is 14.6. The summed E-state index contributed by atoms with van der Waals surface area (Å²) < 4.78 is 0.515. The monoisotopic (exact) mass is 298 g/mol. The van der Waals surface area contributed by atoms with E-state index in [4.69, 9.17) is 0 Å². The van der Waals surface area contributed by atoms with Crippen LogP contribution in [-0.4, -0.2) is 27.3 Å². The smallest absolute Gasteiger partial charge is 0.0587 e. The maximum Gasteiger partial charge on any atom is 0.0587 e. The molecule has 1 N–H and O–H groups in total. The van der Waals surface area contributed by atoms with Crippen LogP contribution in [0.25, 0.3) is 0 Å². The van der Waals surface area contributed by atoms with Gasteiger partial charge in [-0.05, 0) is 29.9 Å². The number of rotatable bonds is 9. The Balaban J connectivity index is 2.44. The van der Waals surface area contributed by atoms with Gasteiger partial charge in [-0.2, -0.15) is 0 Å². The van der Waals surface area contributed by atoms with Crippen molar-refractivity contribution in [2.45, 2.75) is 44.3 Å².